The fourth-order valence-electron chi connectivity index (χ4n) is 1.91. The number of aromatic amines is 1. The molecule has 0 aliphatic rings. The quantitative estimate of drug-likeness (QED) is 0.528. The Kier molecular flexibility index (Phi) is 10.00. The molecule has 2 amide bonds. The average molecular weight is 349 g/mol. The zero-order valence-electron chi connectivity index (χ0n) is 13.4. The Hall–Kier alpha value is -1.80. The Morgan fingerprint density at radius 3 is 2.57 bits per heavy atom. The minimum absolute atomic E-state index is 0. The summed E-state index contributed by atoms with van der Waals surface area (Å²) in [4.78, 5) is 31.6. The molecule has 0 aromatic carbocycles. The number of nitrogens with one attached hydrogen (secondary N) is 2. The lowest BCUT2D eigenvalue weighted by Gasteiger charge is -2.25. The first kappa shape index (κ1) is 21.2. The summed E-state index contributed by atoms with van der Waals surface area (Å²) >= 11 is 0. The summed E-state index contributed by atoms with van der Waals surface area (Å²) in [6, 6.07) is -1.53. The van der Waals surface area contributed by atoms with Crippen molar-refractivity contribution < 1.29 is 19.8 Å². The Morgan fingerprint density at radius 2 is 2.09 bits per heavy atom. The van der Waals surface area contributed by atoms with E-state index in [4.69, 9.17) is 5.11 Å². The molecule has 1 aromatic heterocycles. The van der Waals surface area contributed by atoms with Crippen molar-refractivity contribution in [1.29, 1.82) is 0 Å². The third kappa shape index (κ3) is 7.85. The Morgan fingerprint density at radius 1 is 1.39 bits per heavy atom. The molecule has 0 spiro atoms. The summed E-state index contributed by atoms with van der Waals surface area (Å²) < 4.78 is 0. The second kappa shape index (κ2) is 10.8. The number of imidazole rings is 1. The van der Waals surface area contributed by atoms with Crippen LogP contribution in [0.1, 0.15) is 26.0 Å². The van der Waals surface area contributed by atoms with Crippen molar-refractivity contribution in [3.05, 3.63) is 18.2 Å². The fraction of sp³-hybridized carbons (Fsp3) is 0.643. The van der Waals surface area contributed by atoms with Crippen LogP contribution >= 0.6 is 12.4 Å². The van der Waals surface area contributed by atoms with Gasteiger partial charge in [-0.05, 0) is 12.3 Å². The number of aromatic nitrogens is 2. The Labute approximate surface area is 141 Å². The highest BCUT2D eigenvalue weighted by atomic mass is 35.5. The molecule has 0 saturated carbocycles. The maximum atomic E-state index is 12.2. The van der Waals surface area contributed by atoms with Gasteiger partial charge in [-0.25, -0.2) is 14.6 Å². The van der Waals surface area contributed by atoms with Crippen molar-refractivity contribution >= 4 is 24.4 Å². The Balaban J connectivity index is 0.00000484. The number of hydrogen-bond donors (Lipinski definition) is 4. The van der Waals surface area contributed by atoms with Gasteiger partial charge in [0.2, 0.25) is 0 Å². The lowest BCUT2D eigenvalue weighted by Crippen LogP contribution is -2.50. The molecule has 0 saturated heterocycles. The molecule has 0 radical (unpaired) electrons. The minimum Gasteiger partial charge on any atom is -0.480 e. The highest BCUT2D eigenvalue weighted by molar-refractivity contribution is 5.85. The lowest BCUT2D eigenvalue weighted by atomic mass is 10.1. The number of carbonyl (C=O) groups excluding carboxylic acids is 1. The number of urea groups is 1. The van der Waals surface area contributed by atoms with E-state index in [0.717, 1.165) is 6.42 Å². The van der Waals surface area contributed by atoms with E-state index in [2.05, 4.69) is 15.3 Å². The number of aliphatic hydroxyl groups excluding tert-OH is 1. The number of halogens is 1. The van der Waals surface area contributed by atoms with Gasteiger partial charge in [-0.2, -0.15) is 0 Å². The highest BCUT2D eigenvalue weighted by Crippen LogP contribution is 2.04. The van der Waals surface area contributed by atoms with Gasteiger partial charge in [0.05, 0.1) is 12.9 Å². The average Bonchev–Trinajstić information content (AvgIpc) is 2.95. The molecular weight excluding hydrogens is 324 g/mol. The van der Waals surface area contributed by atoms with Crippen LogP contribution in [0.25, 0.3) is 0 Å². The van der Waals surface area contributed by atoms with Gasteiger partial charge < -0.3 is 25.4 Å². The smallest absolute Gasteiger partial charge is 0.326 e. The number of amides is 2. The van der Waals surface area contributed by atoms with Crippen LogP contribution in [0.2, 0.25) is 0 Å². The fourth-order valence-corrected chi connectivity index (χ4v) is 1.91. The molecule has 4 N–H and O–H groups in total. The normalized spacial score (nSPS) is 11.7. The summed E-state index contributed by atoms with van der Waals surface area (Å²) in [6.45, 7) is 4.56. The number of nitrogens with zero attached hydrogens (tertiary/aromatic N) is 2. The van der Waals surface area contributed by atoms with Crippen molar-refractivity contribution in [3.63, 3.8) is 0 Å². The molecule has 0 unspecified atom stereocenters. The molecule has 1 rings (SSSR count). The van der Waals surface area contributed by atoms with Crippen molar-refractivity contribution in [2.24, 2.45) is 5.92 Å². The topological polar surface area (TPSA) is 119 Å². The maximum absolute atomic E-state index is 12.2. The van der Waals surface area contributed by atoms with Crippen LogP contribution in [0.4, 0.5) is 4.79 Å². The van der Waals surface area contributed by atoms with Crippen LogP contribution < -0.4 is 5.32 Å². The first-order valence-electron chi connectivity index (χ1n) is 7.30. The van der Waals surface area contributed by atoms with Crippen LogP contribution in [-0.4, -0.2) is 62.8 Å². The predicted octanol–water partition coefficient (Wildman–Crippen LogP) is 0.877. The highest BCUT2D eigenvalue weighted by Gasteiger charge is 2.23. The van der Waals surface area contributed by atoms with Crippen LogP contribution in [0, 0.1) is 5.92 Å². The molecule has 1 aromatic rings. The summed E-state index contributed by atoms with van der Waals surface area (Å²) in [5.74, 6) is -0.704. The second-order valence-corrected chi connectivity index (χ2v) is 5.51. The summed E-state index contributed by atoms with van der Waals surface area (Å²) in [5, 5.41) is 20.8. The number of carboxylic acid groups (broad SMARTS) is 1. The molecule has 0 aliphatic heterocycles. The first-order valence-corrected chi connectivity index (χ1v) is 7.30. The van der Waals surface area contributed by atoms with E-state index in [9.17, 15) is 14.7 Å². The standard InChI is InChI=1S/C14H24N4O4.ClH/c1-10(2)3-4-18(5-6-19)14(22)17-12(13(20)21)7-11-8-15-9-16-11;/h8-10,12,19H,3-7H2,1-2H3,(H,15,16)(H,17,22)(H,20,21);1H/t12-;/m0./s1. The van der Waals surface area contributed by atoms with Gasteiger partial charge in [-0.15, -0.1) is 12.4 Å². The maximum Gasteiger partial charge on any atom is 0.326 e. The summed E-state index contributed by atoms with van der Waals surface area (Å²) in [5.41, 5.74) is 0.628. The van der Waals surface area contributed by atoms with Crippen molar-refractivity contribution in [3.8, 4) is 0 Å². The van der Waals surface area contributed by atoms with Crippen LogP contribution in [0.3, 0.4) is 0 Å². The van der Waals surface area contributed by atoms with Gasteiger partial charge in [0.25, 0.3) is 0 Å². The number of carboxylic acids is 1. The van der Waals surface area contributed by atoms with Gasteiger partial charge in [-0.1, -0.05) is 13.8 Å². The molecule has 8 nitrogen and oxygen atoms in total. The Bertz CT molecular complexity index is 467. The third-order valence-corrected chi connectivity index (χ3v) is 3.21. The monoisotopic (exact) mass is 348 g/mol. The molecule has 132 valence electrons. The second-order valence-electron chi connectivity index (χ2n) is 5.51. The molecule has 0 aliphatic carbocycles. The van der Waals surface area contributed by atoms with E-state index in [1.54, 1.807) is 0 Å². The van der Waals surface area contributed by atoms with E-state index in [0.29, 0.717) is 18.2 Å². The number of carbonyl (C=O) groups is 2. The van der Waals surface area contributed by atoms with Crippen LogP contribution in [-0.2, 0) is 11.2 Å². The number of aliphatic carboxylic acids is 1. The van der Waals surface area contributed by atoms with Crippen LogP contribution in [0.15, 0.2) is 12.5 Å². The number of hydrogen-bond acceptors (Lipinski definition) is 4. The largest absolute Gasteiger partial charge is 0.480 e. The first-order chi connectivity index (χ1) is 10.4. The molecule has 1 heterocycles. The van der Waals surface area contributed by atoms with E-state index >= 15 is 0 Å². The number of rotatable bonds is 9. The number of H-pyrrole nitrogens is 1. The zero-order valence-corrected chi connectivity index (χ0v) is 14.2. The van der Waals surface area contributed by atoms with E-state index in [1.807, 2.05) is 13.8 Å². The van der Waals surface area contributed by atoms with Crippen molar-refractivity contribution in [2.75, 3.05) is 19.7 Å². The minimum atomic E-state index is -1.12. The molecular formula is C14H25ClN4O4. The molecule has 0 bridgehead atoms. The van der Waals surface area contributed by atoms with Gasteiger partial charge in [0.15, 0.2) is 0 Å². The molecule has 9 heteroatoms. The van der Waals surface area contributed by atoms with Crippen molar-refractivity contribution in [2.45, 2.75) is 32.7 Å². The van der Waals surface area contributed by atoms with Crippen LogP contribution in [0.5, 0.6) is 0 Å². The predicted molar refractivity (Wildman–Crippen MR) is 87.6 cm³/mol. The lowest BCUT2D eigenvalue weighted by molar-refractivity contribution is -0.139. The van der Waals surface area contributed by atoms with Gasteiger partial charge in [0, 0.05) is 31.4 Å². The van der Waals surface area contributed by atoms with Gasteiger partial charge in [-0.3, -0.25) is 0 Å². The van der Waals surface area contributed by atoms with Gasteiger partial charge >= 0.3 is 12.0 Å². The molecule has 23 heavy (non-hydrogen) atoms. The number of aliphatic hydroxyl groups is 1. The molecule has 1 atom stereocenters. The summed E-state index contributed by atoms with van der Waals surface area (Å²) in [6.07, 6.45) is 3.88. The SMILES string of the molecule is CC(C)CCN(CCO)C(=O)N[C@@H](Cc1cnc[nH]1)C(=O)O.Cl. The molecule has 0 fully saturated rings. The van der Waals surface area contributed by atoms with E-state index in [-0.39, 0.29) is 32.0 Å². The summed E-state index contributed by atoms with van der Waals surface area (Å²) in [7, 11) is 0. The van der Waals surface area contributed by atoms with Gasteiger partial charge in [0.1, 0.15) is 6.04 Å². The van der Waals surface area contributed by atoms with Crippen molar-refractivity contribution in [1.82, 2.24) is 20.2 Å². The van der Waals surface area contributed by atoms with E-state index in [1.165, 1.54) is 17.4 Å². The third-order valence-electron chi connectivity index (χ3n) is 3.21. The zero-order chi connectivity index (χ0) is 16.5. The van der Waals surface area contributed by atoms with E-state index < -0.39 is 18.0 Å².